The normalized spacial score (nSPS) is 18.9. The van der Waals surface area contributed by atoms with Crippen molar-refractivity contribution < 1.29 is 0 Å². The molecule has 18 heavy (non-hydrogen) atoms. The van der Waals surface area contributed by atoms with Gasteiger partial charge in [0.1, 0.15) is 6.04 Å². The molecule has 0 heterocycles. The SMILES string of the molecule is N#CC(NC1CCCCCC1)c1ccccc1Cl. The molecule has 0 bridgehead atoms. The number of hydrogen-bond acceptors (Lipinski definition) is 2. The molecule has 1 aromatic carbocycles. The minimum atomic E-state index is -0.290. The van der Waals surface area contributed by atoms with Crippen molar-refractivity contribution in [2.75, 3.05) is 0 Å². The Labute approximate surface area is 114 Å². The van der Waals surface area contributed by atoms with E-state index in [4.69, 9.17) is 11.6 Å². The molecule has 1 saturated carbocycles. The third-order valence-corrected chi connectivity index (χ3v) is 3.95. The predicted molar refractivity (Wildman–Crippen MR) is 74.4 cm³/mol. The van der Waals surface area contributed by atoms with E-state index in [0.29, 0.717) is 11.1 Å². The Bertz CT molecular complexity index is 417. The van der Waals surface area contributed by atoms with Crippen molar-refractivity contribution in [3.05, 3.63) is 34.9 Å². The molecule has 1 fully saturated rings. The second-order valence-electron chi connectivity index (χ2n) is 4.94. The first-order valence-corrected chi connectivity index (χ1v) is 7.09. The van der Waals surface area contributed by atoms with Crippen molar-refractivity contribution in [1.82, 2.24) is 5.32 Å². The molecule has 1 unspecified atom stereocenters. The van der Waals surface area contributed by atoms with E-state index in [9.17, 15) is 5.26 Å². The van der Waals surface area contributed by atoms with Crippen molar-refractivity contribution in [2.45, 2.75) is 50.6 Å². The molecule has 1 atom stereocenters. The number of nitrogens with zero attached hydrogens (tertiary/aromatic N) is 1. The van der Waals surface area contributed by atoms with E-state index in [2.05, 4.69) is 11.4 Å². The zero-order valence-corrected chi connectivity index (χ0v) is 11.3. The molecule has 0 amide bonds. The number of rotatable bonds is 3. The Morgan fingerprint density at radius 3 is 2.44 bits per heavy atom. The second-order valence-corrected chi connectivity index (χ2v) is 5.35. The molecule has 2 nitrogen and oxygen atoms in total. The third kappa shape index (κ3) is 3.48. The van der Waals surface area contributed by atoms with Crippen LogP contribution in [0.15, 0.2) is 24.3 Å². The van der Waals surface area contributed by atoms with Gasteiger partial charge in [-0.05, 0) is 18.9 Å². The van der Waals surface area contributed by atoms with Crippen LogP contribution in [0.4, 0.5) is 0 Å². The summed E-state index contributed by atoms with van der Waals surface area (Å²) in [6.07, 6.45) is 7.50. The van der Waals surface area contributed by atoms with Gasteiger partial charge in [0, 0.05) is 16.6 Å². The van der Waals surface area contributed by atoms with Gasteiger partial charge in [0.25, 0.3) is 0 Å². The summed E-state index contributed by atoms with van der Waals surface area (Å²) in [5.41, 5.74) is 0.894. The maximum absolute atomic E-state index is 9.33. The smallest absolute Gasteiger partial charge is 0.123 e. The first kappa shape index (κ1) is 13.4. The van der Waals surface area contributed by atoms with Gasteiger partial charge in [-0.1, -0.05) is 55.5 Å². The van der Waals surface area contributed by atoms with Gasteiger partial charge in [-0.25, -0.2) is 0 Å². The second kappa shape index (κ2) is 6.78. The summed E-state index contributed by atoms with van der Waals surface area (Å²) in [5, 5.41) is 13.5. The Morgan fingerprint density at radius 2 is 1.83 bits per heavy atom. The minimum Gasteiger partial charge on any atom is -0.295 e. The van der Waals surface area contributed by atoms with E-state index in [0.717, 1.165) is 5.56 Å². The van der Waals surface area contributed by atoms with Crippen LogP contribution < -0.4 is 5.32 Å². The minimum absolute atomic E-state index is 0.290. The fourth-order valence-corrected chi connectivity index (χ4v) is 2.83. The lowest BCUT2D eigenvalue weighted by atomic mass is 10.0. The van der Waals surface area contributed by atoms with Crippen LogP contribution >= 0.6 is 11.6 Å². The molecular weight excluding hydrogens is 244 g/mol. The lowest BCUT2D eigenvalue weighted by Gasteiger charge is -2.21. The summed E-state index contributed by atoms with van der Waals surface area (Å²) in [6, 6.07) is 10.1. The van der Waals surface area contributed by atoms with E-state index in [1.165, 1.54) is 38.5 Å². The van der Waals surface area contributed by atoms with Gasteiger partial charge in [0.05, 0.1) is 6.07 Å². The first-order chi connectivity index (χ1) is 8.81. The van der Waals surface area contributed by atoms with Crippen molar-refractivity contribution >= 4 is 11.6 Å². The highest BCUT2D eigenvalue weighted by molar-refractivity contribution is 6.31. The largest absolute Gasteiger partial charge is 0.295 e. The summed E-state index contributed by atoms with van der Waals surface area (Å²) >= 11 is 6.16. The molecule has 1 N–H and O–H groups in total. The van der Waals surface area contributed by atoms with E-state index >= 15 is 0 Å². The fraction of sp³-hybridized carbons (Fsp3) is 0.533. The van der Waals surface area contributed by atoms with E-state index in [1.807, 2.05) is 24.3 Å². The van der Waals surface area contributed by atoms with Gasteiger partial charge < -0.3 is 0 Å². The summed E-state index contributed by atoms with van der Waals surface area (Å²) in [4.78, 5) is 0. The lowest BCUT2D eigenvalue weighted by Crippen LogP contribution is -2.31. The van der Waals surface area contributed by atoms with Crippen LogP contribution in [-0.2, 0) is 0 Å². The van der Waals surface area contributed by atoms with Crippen LogP contribution in [0, 0.1) is 11.3 Å². The molecule has 1 aliphatic carbocycles. The van der Waals surface area contributed by atoms with Crippen LogP contribution in [0.1, 0.15) is 50.1 Å². The van der Waals surface area contributed by atoms with Crippen LogP contribution in [0.2, 0.25) is 5.02 Å². The molecule has 0 aromatic heterocycles. The fourth-order valence-electron chi connectivity index (χ4n) is 2.59. The number of nitrogens with one attached hydrogen (secondary N) is 1. The monoisotopic (exact) mass is 262 g/mol. The molecular formula is C15H19ClN2. The maximum atomic E-state index is 9.33. The first-order valence-electron chi connectivity index (χ1n) is 6.71. The van der Waals surface area contributed by atoms with Crippen molar-refractivity contribution in [2.24, 2.45) is 0 Å². The van der Waals surface area contributed by atoms with Gasteiger partial charge in [-0.2, -0.15) is 5.26 Å². The number of benzene rings is 1. The molecule has 0 saturated heterocycles. The van der Waals surface area contributed by atoms with Gasteiger partial charge in [0.2, 0.25) is 0 Å². The van der Waals surface area contributed by atoms with Gasteiger partial charge in [0.15, 0.2) is 0 Å². The quantitative estimate of drug-likeness (QED) is 0.828. The summed E-state index contributed by atoms with van der Waals surface area (Å²) < 4.78 is 0. The topological polar surface area (TPSA) is 35.8 Å². The highest BCUT2D eigenvalue weighted by Gasteiger charge is 2.19. The summed E-state index contributed by atoms with van der Waals surface area (Å²) in [7, 11) is 0. The van der Waals surface area contributed by atoms with E-state index in [-0.39, 0.29) is 6.04 Å². The predicted octanol–water partition coefficient (Wildman–Crippen LogP) is 4.22. The molecule has 0 radical (unpaired) electrons. The van der Waals surface area contributed by atoms with Gasteiger partial charge in [-0.3, -0.25) is 5.32 Å². The van der Waals surface area contributed by atoms with Crippen LogP contribution in [0.25, 0.3) is 0 Å². The molecule has 1 aliphatic rings. The lowest BCUT2D eigenvalue weighted by molar-refractivity contribution is 0.436. The zero-order valence-electron chi connectivity index (χ0n) is 10.5. The average molecular weight is 263 g/mol. The molecule has 0 aliphatic heterocycles. The Hall–Kier alpha value is -1.04. The molecule has 0 spiro atoms. The van der Waals surface area contributed by atoms with Crippen LogP contribution in [0.5, 0.6) is 0 Å². The zero-order chi connectivity index (χ0) is 12.8. The van der Waals surface area contributed by atoms with Crippen LogP contribution in [0.3, 0.4) is 0 Å². The standard InChI is InChI=1S/C15H19ClN2/c16-14-10-6-5-9-13(14)15(11-17)18-12-7-3-1-2-4-8-12/h5-6,9-10,12,15,18H,1-4,7-8H2. The van der Waals surface area contributed by atoms with E-state index < -0.39 is 0 Å². The number of nitriles is 1. The highest BCUT2D eigenvalue weighted by Crippen LogP contribution is 2.25. The third-order valence-electron chi connectivity index (χ3n) is 3.60. The Morgan fingerprint density at radius 1 is 1.17 bits per heavy atom. The van der Waals surface area contributed by atoms with Crippen molar-refractivity contribution in [3.8, 4) is 6.07 Å². The summed E-state index contributed by atoms with van der Waals surface area (Å²) in [6.45, 7) is 0. The van der Waals surface area contributed by atoms with Crippen molar-refractivity contribution in [3.63, 3.8) is 0 Å². The molecule has 96 valence electrons. The van der Waals surface area contributed by atoms with Gasteiger partial charge >= 0.3 is 0 Å². The Kier molecular flexibility index (Phi) is 5.04. The summed E-state index contributed by atoms with van der Waals surface area (Å²) in [5.74, 6) is 0. The van der Waals surface area contributed by atoms with Gasteiger partial charge in [-0.15, -0.1) is 0 Å². The molecule has 1 aromatic rings. The van der Waals surface area contributed by atoms with Crippen LogP contribution in [-0.4, -0.2) is 6.04 Å². The average Bonchev–Trinajstić information content (AvgIpc) is 2.65. The molecule has 2 rings (SSSR count). The molecule has 3 heteroatoms. The van der Waals surface area contributed by atoms with E-state index in [1.54, 1.807) is 0 Å². The highest BCUT2D eigenvalue weighted by atomic mass is 35.5. The maximum Gasteiger partial charge on any atom is 0.123 e. The Balaban J connectivity index is 2.05. The number of hydrogen-bond donors (Lipinski definition) is 1. The van der Waals surface area contributed by atoms with Crippen molar-refractivity contribution in [1.29, 1.82) is 5.26 Å². The number of halogens is 1.